The Hall–Kier alpha value is -4.66. The Labute approximate surface area is 263 Å². The fourth-order valence-corrected chi connectivity index (χ4v) is 6.20. The van der Waals surface area contributed by atoms with Gasteiger partial charge in [-0.25, -0.2) is 0 Å². The van der Waals surface area contributed by atoms with Gasteiger partial charge in [-0.3, -0.25) is 9.59 Å². The number of aldehydes is 2. The van der Waals surface area contributed by atoms with Crippen molar-refractivity contribution in [1.82, 2.24) is 0 Å². The van der Waals surface area contributed by atoms with Crippen LogP contribution in [-0.2, 0) is 19.2 Å². The van der Waals surface area contributed by atoms with E-state index in [1.165, 1.54) is 0 Å². The number of rotatable bonds is 9. The van der Waals surface area contributed by atoms with Crippen molar-refractivity contribution in [3.8, 4) is 44.9 Å². The highest BCUT2D eigenvalue weighted by Crippen LogP contribution is 2.45. The Morgan fingerprint density at radius 2 is 1.02 bits per heavy atom. The molecule has 2 heterocycles. The molecule has 2 amide bonds. The van der Waals surface area contributed by atoms with E-state index in [1.54, 1.807) is 21.9 Å². The lowest BCUT2D eigenvalue weighted by Gasteiger charge is -2.29. The molecule has 4 aromatic carbocycles. The fourth-order valence-electron chi connectivity index (χ4n) is 5.52. The van der Waals surface area contributed by atoms with E-state index in [4.69, 9.17) is 32.7 Å². The van der Waals surface area contributed by atoms with Crippen LogP contribution in [0.2, 0.25) is 10.0 Å². The highest BCUT2D eigenvalue weighted by atomic mass is 35.5. The van der Waals surface area contributed by atoms with E-state index in [2.05, 4.69) is 0 Å². The van der Waals surface area contributed by atoms with Gasteiger partial charge in [-0.1, -0.05) is 71.7 Å². The van der Waals surface area contributed by atoms with Gasteiger partial charge in [0.1, 0.15) is 24.1 Å². The van der Waals surface area contributed by atoms with E-state index in [0.717, 1.165) is 46.0 Å². The minimum Gasteiger partial charge on any atom is -0.482 e. The zero-order valence-electron chi connectivity index (χ0n) is 23.4. The molecule has 0 saturated carbocycles. The molecule has 4 aromatic rings. The smallest absolute Gasteiger partial charge is 0.265 e. The maximum Gasteiger partial charge on any atom is 0.265 e. The van der Waals surface area contributed by atoms with Crippen LogP contribution in [0.25, 0.3) is 33.4 Å². The normalized spacial score (nSPS) is 14.0. The van der Waals surface area contributed by atoms with Crippen LogP contribution in [0.3, 0.4) is 0 Å². The molecule has 8 nitrogen and oxygen atoms in total. The Bertz CT molecular complexity index is 1680. The second kappa shape index (κ2) is 12.5. The molecule has 6 rings (SSSR count). The van der Waals surface area contributed by atoms with E-state index >= 15 is 0 Å². The number of nitrogens with zero attached hydrogens (tertiary/aromatic N) is 2. The first kappa shape index (κ1) is 29.4. The molecule has 0 spiro atoms. The molecule has 222 valence electrons. The third-order valence-corrected chi connectivity index (χ3v) is 8.47. The van der Waals surface area contributed by atoms with Crippen LogP contribution in [0, 0.1) is 0 Å². The molecule has 0 aliphatic carbocycles. The van der Waals surface area contributed by atoms with Crippen LogP contribution >= 0.6 is 23.2 Å². The maximum atomic E-state index is 12.4. The molecule has 2 aliphatic heterocycles. The van der Waals surface area contributed by atoms with Gasteiger partial charge in [0.25, 0.3) is 11.8 Å². The Morgan fingerprint density at radius 1 is 0.614 bits per heavy atom. The molecule has 0 saturated heterocycles. The molecule has 0 aromatic heterocycles. The number of carbonyl (C=O) groups is 4. The van der Waals surface area contributed by atoms with Crippen LogP contribution in [0.15, 0.2) is 72.8 Å². The number of hydrogen-bond donors (Lipinski definition) is 0. The summed E-state index contributed by atoms with van der Waals surface area (Å²) in [4.78, 5) is 49.7. The number of fused-ring (bicyclic) bond motifs is 2. The van der Waals surface area contributed by atoms with Crippen molar-refractivity contribution in [2.75, 3.05) is 36.1 Å². The third-order valence-electron chi connectivity index (χ3n) is 7.66. The largest absolute Gasteiger partial charge is 0.482 e. The van der Waals surface area contributed by atoms with Gasteiger partial charge < -0.3 is 28.9 Å². The van der Waals surface area contributed by atoms with Crippen molar-refractivity contribution in [3.05, 3.63) is 82.8 Å². The van der Waals surface area contributed by atoms with Crippen molar-refractivity contribution >= 4 is 59.0 Å². The molecule has 0 unspecified atom stereocenters. The van der Waals surface area contributed by atoms with Gasteiger partial charge in [0.15, 0.2) is 13.2 Å². The minimum atomic E-state index is -0.198. The van der Waals surface area contributed by atoms with Crippen LogP contribution < -0.4 is 19.3 Å². The molecule has 0 radical (unpaired) electrons. The molecule has 2 aliphatic rings. The number of anilines is 2. The van der Waals surface area contributed by atoms with Gasteiger partial charge in [-0.2, -0.15) is 0 Å². The fraction of sp³-hybridized carbons (Fsp3) is 0.176. The Balaban J connectivity index is 1.34. The average molecular weight is 629 g/mol. The second-order valence-corrected chi connectivity index (χ2v) is 11.0. The number of amides is 2. The molecule has 0 N–H and O–H groups in total. The lowest BCUT2D eigenvalue weighted by molar-refractivity contribution is -0.122. The van der Waals surface area contributed by atoms with Crippen molar-refractivity contribution in [1.29, 1.82) is 0 Å². The monoisotopic (exact) mass is 628 g/mol. The third kappa shape index (κ3) is 5.42. The molecule has 0 atom stereocenters. The van der Waals surface area contributed by atoms with Gasteiger partial charge in [-0.05, 0) is 35.4 Å². The summed E-state index contributed by atoms with van der Waals surface area (Å²) < 4.78 is 11.5. The van der Waals surface area contributed by atoms with Crippen LogP contribution in [-0.4, -0.2) is 50.7 Å². The predicted octanol–water partition coefficient (Wildman–Crippen LogP) is 6.62. The van der Waals surface area contributed by atoms with E-state index in [0.29, 0.717) is 32.9 Å². The summed E-state index contributed by atoms with van der Waals surface area (Å²) in [6, 6.07) is 22.4. The number of halogens is 2. The Kier molecular flexibility index (Phi) is 8.37. The first-order valence-corrected chi connectivity index (χ1v) is 14.8. The number of hydrogen-bond acceptors (Lipinski definition) is 6. The first-order chi connectivity index (χ1) is 21.4. The second-order valence-electron chi connectivity index (χ2n) is 10.3. The number of carbonyl (C=O) groups excluding carboxylic acids is 4. The van der Waals surface area contributed by atoms with Crippen molar-refractivity contribution < 1.29 is 28.7 Å². The van der Waals surface area contributed by atoms with Crippen molar-refractivity contribution in [3.63, 3.8) is 0 Å². The van der Waals surface area contributed by atoms with Gasteiger partial charge in [-0.15, -0.1) is 0 Å². The van der Waals surface area contributed by atoms with Gasteiger partial charge in [0.05, 0.1) is 21.4 Å². The van der Waals surface area contributed by atoms with E-state index < -0.39 is 0 Å². The van der Waals surface area contributed by atoms with Gasteiger partial charge in [0, 0.05) is 48.2 Å². The molecular formula is C34H26Cl2N2O6. The lowest BCUT2D eigenvalue weighted by Crippen LogP contribution is -2.39. The standard InChI is InChI=1S/C34H26Cl2N2O6/c35-33-23(21-9-11-27-29(17-21)43-19-31(41)37(27)13-3-15-39)5-1-7-25(33)26-8-2-6-24(34(26)36)22-10-12-28-30(18-22)44-20-32(42)38(28)14-4-16-40/h1-2,5-12,15-18H,3-4,13-14,19-20H2. The lowest BCUT2D eigenvalue weighted by atomic mass is 9.95. The zero-order chi connectivity index (χ0) is 30.8. The van der Waals surface area contributed by atoms with Crippen LogP contribution in [0.4, 0.5) is 11.4 Å². The molecule has 44 heavy (non-hydrogen) atoms. The average Bonchev–Trinajstić information content (AvgIpc) is 3.04. The van der Waals surface area contributed by atoms with Gasteiger partial charge >= 0.3 is 0 Å². The SMILES string of the molecule is O=CCCN1C(=O)COc2cc(-c3cccc(-c4cccc(-c5ccc6c(c5)OCC(=O)N6CCC=O)c4Cl)c3Cl)ccc21. The molecular weight excluding hydrogens is 603 g/mol. The van der Waals surface area contributed by atoms with Crippen molar-refractivity contribution in [2.45, 2.75) is 12.8 Å². The summed E-state index contributed by atoms with van der Waals surface area (Å²) in [6.45, 7) is 0.366. The highest BCUT2D eigenvalue weighted by Gasteiger charge is 2.27. The van der Waals surface area contributed by atoms with E-state index in [9.17, 15) is 19.2 Å². The first-order valence-electron chi connectivity index (χ1n) is 14.0. The van der Waals surface area contributed by atoms with Crippen LogP contribution in [0.1, 0.15) is 12.8 Å². The summed E-state index contributed by atoms with van der Waals surface area (Å²) in [7, 11) is 0. The molecule has 0 fully saturated rings. The predicted molar refractivity (Wildman–Crippen MR) is 170 cm³/mol. The summed E-state index contributed by atoms with van der Waals surface area (Å²) in [5, 5.41) is 0.989. The maximum absolute atomic E-state index is 12.4. The molecule has 0 bridgehead atoms. The summed E-state index contributed by atoms with van der Waals surface area (Å²) in [5.41, 5.74) is 5.81. The summed E-state index contributed by atoms with van der Waals surface area (Å²) >= 11 is 14.1. The van der Waals surface area contributed by atoms with Crippen LogP contribution in [0.5, 0.6) is 11.5 Å². The molecule has 10 heteroatoms. The topological polar surface area (TPSA) is 93.2 Å². The number of ether oxygens (including phenoxy) is 2. The van der Waals surface area contributed by atoms with E-state index in [1.807, 2.05) is 60.7 Å². The summed E-state index contributed by atoms with van der Waals surface area (Å²) in [6.07, 6.45) is 2.04. The minimum absolute atomic E-state index is 0.105. The van der Waals surface area contributed by atoms with Crippen molar-refractivity contribution in [2.24, 2.45) is 0 Å². The van der Waals surface area contributed by atoms with Gasteiger partial charge in [0.2, 0.25) is 0 Å². The Morgan fingerprint density at radius 3 is 1.43 bits per heavy atom. The van der Waals surface area contributed by atoms with E-state index in [-0.39, 0.29) is 51.0 Å². The quantitative estimate of drug-likeness (QED) is 0.193. The summed E-state index contributed by atoms with van der Waals surface area (Å²) in [5.74, 6) is 0.679. The number of benzene rings is 4. The zero-order valence-corrected chi connectivity index (χ0v) is 24.9. The highest BCUT2D eigenvalue weighted by molar-refractivity contribution is 6.39.